The molecule has 1 aromatic rings. The molecule has 1 aliphatic heterocycles. The maximum atomic E-state index is 12.7. The Morgan fingerprint density at radius 3 is 2.62 bits per heavy atom. The standard InChI is InChI=1S/C18H23N3O3/c1-12-7-9-18(10-8-12)16(23)21(17(24)19-18)20-15(22)11-14-6-4-3-5-13(14)2/h3-6,12H,7-11H2,1-2H3,(H,19,24)(H,20,22). The number of hydrogen-bond donors (Lipinski definition) is 2. The Hall–Kier alpha value is -2.37. The average molecular weight is 329 g/mol. The number of rotatable bonds is 3. The highest BCUT2D eigenvalue weighted by atomic mass is 16.2. The molecule has 2 N–H and O–H groups in total. The third-order valence-electron chi connectivity index (χ3n) is 5.14. The Labute approximate surface area is 141 Å². The molecular weight excluding hydrogens is 306 g/mol. The smallest absolute Gasteiger partial charge is 0.322 e. The number of aryl methyl sites for hydroxylation is 1. The zero-order valence-electron chi connectivity index (χ0n) is 14.1. The molecule has 2 aliphatic rings. The summed E-state index contributed by atoms with van der Waals surface area (Å²) in [5.41, 5.74) is 3.52. The SMILES string of the molecule is Cc1ccccc1CC(=O)NN1C(=O)NC2(CCC(C)CC2)C1=O. The van der Waals surface area contributed by atoms with Gasteiger partial charge in [-0.2, -0.15) is 5.01 Å². The van der Waals surface area contributed by atoms with Crippen molar-refractivity contribution in [3.63, 3.8) is 0 Å². The summed E-state index contributed by atoms with van der Waals surface area (Å²) in [6, 6.07) is 7.02. The van der Waals surface area contributed by atoms with Crippen molar-refractivity contribution in [2.24, 2.45) is 5.92 Å². The Morgan fingerprint density at radius 2 is 1.96 bits per heavy atom. The predicted octanol–water partition coefficient (Wildman–Crippen LogP) is 2.07. The van der Waals surface area contributed by atoms with E-state index in [0.29, 0.717) is 18.8 Å². The van der Waals surface area contributed by atoms with Gasteiger partial charge in [0.15, 0.2) is 0 Å². The van der Waals surface area contributed by atoms with Gasteiger partial charge in [0.25, 0.3) is 5.91 Å². The Morgan fingerprint density at radius 1 is 1.29 bits per heavy atom. The van der Waals surface area contributed by atoms with E-state index in [2.05, 4.69) is 17.7 Å². The first-order valence-electron chi connectivity index (χ1n) is 8.42. The number of urea groups is 1. The van der Waals surface area contributed by atoms with Crippen LogP contribution >= 0.6 is 0 Å². The summed E-state index contributed by atoms with van der Waals surface area (Å²) in [7, 11) is 0. The van der Waals surface area contributed by atoms with Gasteiger partial charge in [-0.3, -0.25) is 15.0 Å². The van der Waals surface area contributed by atoms with Gasteiger partial charge in [-0.15, -0.1) is 0 Å². The maximum Gasteiger partial charge on any atom is 0.344 e. The van der Waals surface area contributed by atoms with E-state index in [1.807, 2.05) is 31.2 Å². The third-order valence-corrected chi connectivity index (χ3v) is 5.14. The molecule has 1 aliphatic carbocycles. The van der Waals surface area contributed by atoms with Crippen molar-refractivity contribution < 1.29 is 14.4 Å². The highest BCUT2D eigenvalue weighted by Gasteiger charge is 2.52. The van der Waals surface area contributed by atoms with Gasteiger partial charge in [-0.25, -0.2) is 4.79 Å². The van der Waals surface area contributed by atoms with Crippen LogP contribution in [0.3, 0.4) is 0 Å². The largest absolute Gasteiger partial charge is 0.344 e. The molecule has 128 valence electrons. The van der Waals surface area contributed by atoms with Gasteiger partial charge < -0.3 is 5.32 Å². The van der Waals surface area contributed by atoms with Crippen molar-refractivity contribution in [2.75, 3.05) is 0 Å². The van der Waals surface area contributed by atoms with Crippen molar-refractivity contribution in [1.29, 1.82) is 0 Å². The quantitative estimate of drug-likeness (QED) is 0.833. The van der Waals surface area contributed by atoms with E-state index < -0.39 is 11.6 Å². The van der Waals surface area contributed by atoms with E-state index in [-0.39, 0.29) is 18.2 Å². The summed E-state index contributed by atoms with van der Waals surface area (Å²) in [5.74, 6) is -0.142. The number of nitrogens with zero attached hydrogens (tertiary/aromatic N) is 1. The van der Waals surface area contributed by atoms with Crippen LogP contribution in [0.1, 0.15) is 43.7 Å². The highest BCUT2D eigenvalue weighted by Crippen LogP contribution is 2.35. The minimum Gasteiger partial charge on any atom is -0.322 e. The third kappa shape index (κ3) is 3.00. The molecule has 1 aromatic carbocycles. The van der Waals surface area contributed by atoms with Crippen LogP contribution in [-0.2, 0) is 16.0 Å². The van der Waals surface area contributed by atoms with E-state index in [1.54, 1.807) is 0 Å². The molecule has 6 nitrogen and oxygen atoms in total. The summed E-state index contributed by atoms with van der Waals surface area (Å²) in [6.07, 6.45) is 3.19. The highest BCUT2D eigenvalue weighted by molar-refractivity contribution is 6.08. The number of benzene rings is 1. The van der Waals surface area contributed by atoms with E-state index in [0.717, 1.165) is 29.0 Å². The number of imide groups is 1. The van der Waals surface area contributed by atoms with Crippen LogP contribution in [0.4, 0.5) is 4.79 Å². The monoisotopic (exact) mass is 329 g/mol. The van der Waals surface area contributed by atoms with Crippen LogP contribution < -0.4 is 10.7 Å². The molecule has 0 unspecified atom stereocenters. The second kappa shape index (κ2) is 6.26. The minimum atomic E-state index is -0.834. The first kappa shape index (κ1) is 16.5. The van der Waals surface area contributed by atoms with Gasteiger partial charge in [-0.05, 0) is 49.7 Å². The molecule has 0 atom stereocenters. The van der Waals surface area contributed by atoms with Crippen molar-refractivity contribution in [3.8, 4) is 0 Å². The molecule has 1 spiro atoms. The normalized spacial score (nSPS) is 26.6. The fraction of sp³-hybridized carbons (Fsp3) is 0.500. The van der Waals surface area contributed by atoms with Crippen molar-refractivity contribution in [2.45, 2.75) is 51.5 Å². The van der Waals surface area contributed by atoms with Gasteiger partial charge >= 0.3 is 6.03 Å². The summed E-state index contributed by atoms with van der Waals surface area (Å²) in [5, 5.41) is 3.65. The first-order valence-corrected chi connectivity index (χ1v) is 8.42. The number of nitrogens with one attached hydrogen (secondary N) is 2. The van der Waals surface area contributed by atoms with Crippen LogP contribution in [0.15, 0.2) is 24.3 Å². The zero-order valence-corrected chi connectivity index (χ0v) is 14.1. The summed E-state index contributed by atoms with van der Waals surface area (Å²) in [6.45, 7) is 4.07. The van der Waals surface area contributed by atoms with Crippen LogP contribution in [0, 0.1) is 12.8 Å². The minimum absolute atomic E-state index is 0.133. The zero-order chi connectivity index (χ0) is 17.3. The molecule has 3 rings (SSSR count). The van der Waals surface area contributed by atoms with Crippen LogP contribution in [-0.4, -0.2) is 28.4 Å². The number of hydrogen-bond acceptors (Lipinski definition) is 3. The molecule has 0 radical (unpaired) electrons. The van der Waals surface area contributed by atoms with Gasteiger partial charge in [0.2, 0.25) is 5.91 Å². The molecule has 1 saturated carbocycles. The lowest BCUT2D eigenvalue weighted by Gasteiger charge is -2.33. The Kier molecular flexibility index (Phi) is 4.30. The molecule has 0 aromatic heterocycles. The second-order valence-corrected chi connectivity index (χ2v) is 6.97. The number of hydrazine groups is 1. The Balaban J connectivity index is 1.67. The topological polar surface area (TPSA) is 78.5 Å². The molecule has 1 heterocycles. The van der Waals surface area contributed by atoms with E-state index in [9.17, 15) is 14.4 Å². The number of carbonyl (C=O) groups is 3. The van der Waals surface area contributed by atoms with E-state index in [4.69, 9.17) is 0 Å². The van der Waals surface area contributed by atoms with E-state index >= 15 is 0 Å². The summed E-state index contributed by atoms with van der Waals surface area (Å²) < 4.78 is 0. The first-order chi connectivity index (χ1) is 11.4. The molecule has 2 fully saturated rings. The lowest BCUT2D eigenvalue weighted by Crippen LogP contribution is -2.51. The van der Waals surface area contributed by atoms with Crippen LogP contribution in [0.2, 0.25) is 0 Å². The fourth-order valence-corrected chi connectivity index (χ4v) is 3.46. The number of amides is 4. The summed E-state index contributed by atoms with van der Waals surface area (Å²) in [4.78, 5) is 37.1. The van der Waals surface area contributed by atoms with Crippen LogP contribution in [0.25, 0.3) is 0 Å². The molecule has 4 amide bonds. The van der Waals surface area contributed by atoms with Gasteiger partial charge in [0.05, 0.1) is 6.42 Å². The maximum absolute atomic E-state index is 12.7. The average Bonchev–Trinajstić information content (AvgIpc) is 2.77. The van der Waals surface area contributed by atoms with Crippen molar-refractivity contribution in [1.82, 2.24) is 15.8 Å². The molecule has 6 heteroatoms. The molecule has 0 bridgehead atoms. The molecular formula is C18H23N3O3. The lowest BCUT2D eigenvalue weighted by atomic mass is 9.77. The van der Waals surface area contributed by atoms with Gasteiger partial charge in [0.1, 0.15) is 5.54 Å². The van der Waals surface area contributed by atoms with Crippen molar-refractivity contribution in [3.05, 3.63) is 35.4 Å². The van der Waals surface area contributed by atoms with E-state index in [1.165, 1.54) is 0 Å². The van der Waals surface area contributed by atoms with Crippen molar-refractivity contribution >= 4 is 17.8 Å². The lowest BCUT2D eigenvalue weighted by molar-refractivity contribution is -0.139. The molecule has 24 heavy (non-hydrogen) atoms. The summed E-state index contributed by atoms with van der Waals surface area (Å²) >= 11 is 0. The predicted molar refractivity (Wildman–Crippen MR) is 88.8 cm³/mol. The Bertz CT molecular complexity index is 678. The van der Waals surface area contributed by atoms with Crippen LogP contribution in [0.5, 0.6) is 0 Å². The van der Waals surface area contributed by atoms with Gasteiger partial charge in [0, 0.05) is 0 Å². The fourth-order valence-electron chi connectivity index (χ4n) is 3.46. The second-order valence-electron chi connectivity index (χ2n) is 6.97. The van der Waals surface area contributed by atoms with Gasteiger partial charge in [-0.1, -0.05) is 31.2 Å². The number of carbonyl (C=O) groups excluding carboxylic acids is 3. The molecule has 1 saturated heterocycles.